The average molecular weight is 783 g/mol. The average Bonchev–Trinajstić information content (AvgIpc) is 3.14. The molecule has 0 aliphatic carbocycles. The predicted molar refractivity (Wildman–Crippen MR) is 190 cm³/mol. The number of hydrogen-bond acceptors (Lipinski definition) is 2. The van der Waals surface area contributed by atoms with Gasteiger partial charge in [-0.05, 0) is 63.2 Å². The van der Waals surface area contributed by atoms with Crippen molar-refractivity contribution in [1.82, 2.24) is 9.97 Å². The van der Waals surface area contributed by atoms with E-state index in [-0.39, 0.29) is 31.2 Å². The van der Waals surface area contributed by atoms with Crippen LogP contribution in [-0.4, -0.2) is 9.97 Å². The van der Waals surface area contributed by atoms with Gasteiger partial charge in [-0.1, -0.05) is 117 Å². The normalized spacial score (nSPS) is 14.5. The van der Waals surface area contributed by atoms with E-state index in [2.05, 4.69) is 82.8 Å². The summed E-state index contributed by atoms with van der Waals surface area (Å²) >= 11 is 0. The van der Waals surface area contributed by atoms with Gasteiger partial charge in [0.1, 0.15) is 0 Å². The van der Waals surface area contributed by atoms with Crippen LogP contribution in [0.2, 0.25) is 0 Å². The van der Waals surface area contributed by atoms with Crippen LogP contribution < -0.4 is 0 Å². The molecule has 0 spiro atoms. The molecule has 0 N–H and O–H groups in total. The van der Waals surface area contributed by atoms with E-state index in [1.807, 2.05) is 39.0 Å². The molecule has 7 aromatic rings. The van der Waals surface area contributed by atoms with E-state index in [9.17, 15) is 0 Å². The van der Waals surface area contributed by atoms with Gasteiger partial charge in [0, 0.05) is 43.5 Å². The van der Waals surface area contributed by atoms with Crippen molar-refractivity contribution in [2.75, 3.05) is 0 Å². The quantitative estimate of drug-likeness (QED) is 0.131. The van der Waals surface area contributed by atoms with E-state index in [0.29, 0.717) is 16.8 Å². The van der Waals surface area contributed by atoms with Crippen LogP contribution in [0, 0.1) is 31.3 Å². The summed E-state index contributed by atoms with van der Waals surface area (Å²) in [6.07, 6.45) is 1.52. The Morgan fingerprint density at radius 3 is 2.04 bits per heavy atom. The maximum absolute atomic E-state index is 8.60. The first kappa shape index (κ1) is 23.8. The zero-order chi connectivity index (χ0) is 38.2. The maximum Gasteiger partial charge on any atom is 0.0321 e. The zero-order valence-corrected chi connectivity index (χ0v) is 28.2. The Balaban J connectivity index is 0.000000230. The zero-order valence-electron chi connectivity index (χ0n) is 33.9. The summed E-state index contributed by atoms with van der Waals surface area (Å²) in [5, 5.41) is 4.94. The smallest absolute Gasteiger partial charge is 0.0321 e. The molecule has 0 bridgehead atoms. The Bertz CT molecular complexity index is 2310. The van der Waals surface area contributed by atoms with Gasteiger partial charge in [0.15, 0.2) is 0 Å². The first-order chi connectivity index (χ1) is 24.9. The molecular weight excluding hydrogens is 737 g/mol. The molecule has 0 aliphatic rings. The van der Waals surface area contributed by atoms with Crippen LogP contribution in [-0.2, 0) is 26.5 Å². The standard InChI is InChI=1S/C30H26N.C13H12N.Ir/c1-30(2,3)20-21-16-17-31-29(18-21)23-14-12-22(13-15-23)28-19-24-8-4-5-9-25(24)26-10-6-7-11-27(26)28;1-10-3-6-12(7-4-10)13-8-5-11(2)9-14-13;/h4-14,16-19H,20H2,1-3H3;3-6,8-9H,1-2H3;/q2*-1;/i20D2;1D3,2D3;. The molecule has 2 heterocycles. The largest absolute Gasteiger partial charge is 0.305 e. The molecule has 5 aromatic carbocycles. The van der Waals surface area contributed by atoms with Gasteiger partial charge in [-0.25, -0.2) is 0 Å². The molecule has 0 aliphatic heterocycles. The number of rotatable bonds is 4. The number of pyridine rings is 2. The van der Waals surface area contributed by atoms with Crippen molar-refractivity contribution in [3.8, 4) is 33.6 Å². The van der Waals surface area contributed by atoms with Crippen molar-refractivity contribution in [1.29, 1.82) is 0 Å². The van der Waals surface area contributed by atoms with Crippen molar-refractivity contribution < 1.29 is 31.1 Å². The summed E-state index contributed by atoms with van der Waals surface area (Å²) in [6, 6.07) is 42.8. The van der Waals surface area contributed by atoms with E-state index in [1.54, 1.807) is 24.4 Å². The minimum Gasteiger partial charge on any atom is -0.305 e. The van der Waals surface area contributed by atoms with Crippen LogP contribution in [0.15, 0.2) is 128 Å². The molecule has 0 saturated carbocycles. The predicted octanol–water partition coefficient (Wildman–Crippen LogP) is 11.3. The van der Waals surface area contributed by atoms with Crippen LogP contribution in [0.5, 0.6) is 0 Å². The molecular formula is C43H38IrN2-2. The van der Waals surface area contributed by atoms with Gasteiger partial charge in [0.25, 0.3) is 0 Å². The molecule has 1 radical (unpaired) electrons. The monoisotopic (exact) mass is 783 g/mol. The Morgan fingerprint density at radius 2 is 1.37 bits per heavy atom. The SMILES string of the molecule is [2H]C([2H])([2H])c1c[c-]c(-c2ccc(C([2H])([2H])[2H])cn2)cc1.[2H]C([2H])(c1ccnc(-c2[c-]cc(-c3cc4ccccc4c4ccccc34)cc2)c1)C(C)(C)C.[Ir]. The van der Waals surface area contributed by atoms with Crippen LogP contribution in [0.3, 0.4) is 0 Å². The first-order valence-corrected chi connectivity index (χ1v) is 14.8. The molecule has 0 atom stereocenters. The van der Waals surface area contributed by atoms with Crippen molar-refractivity contribution in [3.05, 3.63) is 156 Å². The van der Waals surface area contributed by atoms with E-state index < -0.39 is 25.5 Å². The Hall–Kier alpha value is -4.43. The first-order valence-electron chi connectivity index (χ1n) is 18.8. The van der Waals surface area contributed by atoms with E-state index in [1.165, 1.54) is 51.5 Å². The molecule has 0 fully saturated rings. The summed E-state index contributed by atoms with van der Waals surface area (Å²) < 4.78 is 60.8. The molecule has 2 nitrogen and oxygen atoms in total. The second kappa shape index (κ2) is 14.3. The second-order valence-corrected chi connectivity index (χ2v) is 11.9. The third kappa shape index (κ3) is 7.85. The molecule has 7 rings (SSSR count). The van der Waals surface area contributed by atoms with Gasteiger partial charge in [-0.2, -0.15) is 0 Å². The van der Waals surface area contributed by atoms with Crippen LogP contribution in [0.4, 0.5) is 0 Å². The number of aryl methyl sites for hydroxylation is 2. The summed E-state index contributed by atoms with van der Waals surface area (Å²) in [5.74, 6) is 0. The van der Waals surface area contributed by atoms with Crippen molar-refractivity contribution in [2.24, 2.45) is 5.41 Å². The molecule has 2 aromatic heterocycles. The number of benzene rings is 5. The molecule has 0 amide bonds. The van der Waals surface area contributed by atoms with E-state index in [0.717, 1.165) is 16.8 Å². The number of fused-ring (bicyclic) bond motifs is 3. The van der Waals surface area contributed by atoms with Gasteiger partial charge in [0.05, 0.1) is 0 Å². The number of hydrogen-bond donors (Lipinski definition) is 0. The van der Waals surface area contributed by atoms with Gasteiger partial charge in [0.2, 0.25) is 0 Å². The minimum atomic E-state index is -2.18. The Labute approximate surface area is 298 Å². The van der Waals surface area contributed by atoms with Crippen molar-refractivity contribution in [2.45, 2.75) is 40.8 Å². The van der Waals surface area contributed by atoms with Crippen LogP contribution >= 0.6 is 0 Å². The Morgan fingerprint density at radius 1 is 0.674 bits per heavy atom. The molecule has 231 valence electrons. The van der Waals surface area contributed by atoms with Crippen LogP contribution in [0.1, 0.15) is 48.4 Å². The maximum atomic E-state index is 8.60. The third-order valence-electron chi connectivity index (χ3n) is 7.30. The number of aromatic nitrogens is 2. The molecule has 0 unspecified atom stereocenters. The Kier molecular flexibility index (Phi) is 7.43. The van der Waals surface area contributed by atoms with Gasteiger partial charge >= 0.3 is 0 Å². The van der Waals surface area contributed by atoms with Crippen molar-refractivity contribution in [3.63, 3.8) is 0 Å². The van der Waals surface area contributed by atoms with Crippen LogP contribution in [0.25, 0.3) is 55.2 Å². The number of nitrogens with zero attached hydrogens (tertiary/aromatic N) is 2. The van der Waals surface area contributed by atoms with E-state index >= 15 is 0 Å². The van der Waals surface area contributed by atoms with E-state index in [4.69, 9.17) is 11.0 Å². The molecule has 3 heteroatoms. The summed E-state index contributed by atoms with van der Waals surface area (Å²) in [7, 11) is 0. The molecule has 46 heavy (non-hydrogen) atoms. The fourth-order valence-electron chi connectivity index (χ4n) is 5.27. The summed E-state index contributed by atoms with van der Waals surface area (Å²) in [4.78, 5) is 8.58. The third-order valence-corrected chi connectivity index (χ3v) is 7.30. The minimum absolute atomic E-state index is 0. The summed E-state index contributed by atoms with van der Waals surface area (Å²) in [5.41, 5.74) is 5.53. The van der Waals surface area contributed by atoms with Crippen molar-refractivity contribution >= 4 is 21.5 Å². The summed E-state index contributed by atoms with van der Waals surface area (Å²) in [6.45, 7) is 1.42. The van der Waals surface area contributed by atoms with Gasteiger partial charge < -0.3 is 9.97 Å². The fraction of sp³-hybridized carbons (Fsp3) is 0.163. The topological polar surface area (TPSA) is 25.8 Å². The fourth-order valence-corrected chi connectivity index (χ4v) is 5.27. The van der Waals surface area contributed by atoms with Gasteiger partial charge in [-0.15, -0.1) is 65.2 Å². The molecule has 0 saturated heterocycles. The second-order valence-electron chi connectivity index (χ2n) is 11.9. The van der Waals surface area contributed by atoms with Gasteiger partial charge in [-0.3, -0.25) is 0 Å².